The third-order valence-corrected chi connectivity index (χ3v) is 5.02. The van der Waals surface area contributed by atoms with Gasteiger partial charge in [-0.05, 0) is 55.2 Å². The van der Waals surface area contributed by atoms with E-state index in [1.54, 1.807) is 29.2 Å². The van der Waals surface area contributed by atoms with Crippen molar-refractivity contribution in [3.8, 4) is 0 Å². The Morgan fingerprint density at radius 2 is 1.96 bits per heavy atom. The average molecular weight is 371 g/mol. The molecule has 0 aromatic heterocycles. The Labute approximate surface area is 159 Å². The molecule has 4 nitrogen and oxygen atoms in total. The quantitative estimate of drug-likeness (QED) is 0.867. The van der Waals surface area contributed by atoms with Gasteiger partial charge in [-0.2, -0.15) is 0 Å². The van der Waals surface area contributed by atoms with Gasteiger partial charge in [-0.25, -0.2) is 0 Å². The van der Waals surface area contributed by atoms with E-state index in [1.807, 2.05) is 24.3 Å². The summed E-state index contributed by atoms with van der Waals surface area (Å²) in [6, 6.07) is 14.8. The van der Waals surface area contributed by atoms with Crippen molar-refractivity contribution in [2.24, 2.45) is 5.92 Å². The predicted octanol–water partition coefficient (Wildman–Crippen LogP) is 4.39. The molecule has 1 unspecified atom stereocenters. The number of nitrogens with one attached hydrogen (secondary N) is 1. The number of rotatable bonds is 4. The van der Waals surface area contributed by atoms with Crippen LogP contribution in [0.15, 0.2) is 48.5 Å². The molecule has 0 bridgehead atoms. The van der Waals surface area contributed by atoms with Gasteiger partial charge in [-0.3, -0.25) is 9.59 Å². The van der Waals surface area contributed by atoms with Gasteiger partial charge in [0.1, 0.15) is 0 Å². The van der Waals surface area contributed by atoms with Crippen LogP contribution in [0.5, 0.6) is 0 Å². The lowest BCUT2D eigenvalue weighted by Gasteiger charge is -2.32. The lowest BCUT2D eigenvalue weighted by molar-refractivity contribution is -0.121. The highest BCUT2D eigenvalue weighted by Crippen LogP contribution is 2.22. The molecule has 0 spiro atoms. The van der Waals surface area contributed by atoms with Gasteiger partial charge in [0.2, 0.25) is 5.91 Å². The highest BCUT2D eigenvalue weighted by molar-refractivity contribution is 6.30. The first kappa shape index (κ1) is 18.5. The van der Waals surface area contributed by atoms with Gasteiger partial charge >= 0.3 is 0 Å². The molecule has 3 rings (SSSR count). The van der Waals surface area contributed by atoms with Crippen LogP contribution in [0.3, 0.4) is 0 Å². The number of aryl methyl sites for hydroxylation is 1. The van der Waals surface area contributed by atoms with Crippen LogP contribution in [0.4, 0.5) is 5.69 Å². The van der Waals surface area contributed by atoms with Crippen LogP contribution in [-0.4, -0.2) is 29.8 Å². The number of halogens is 1. The molecule has 2 aromatic carbocycles. The normalized spacial score (nSPS) is 17.0. The van der Waals surface area contributed by atoms with Gasteiger partial charge in [0, 0.05) is 29.4 Å². The molecule has 1 heterocycles. The van der Waals surface area contributed by atoms with Crippen molar-refractivity contribution in [1.82, 2.24) is 4.90 Å². The third kappa shape index (κ3) is 4.44. The Morgan fingerprint density at radius 1 is 1.19 bits per heavy atom. The maximum absolute atomic E-state index is 12.7. The van der Waals surface area contributed by atoms with E-state index in [2.05, 4.69) is 12.2 Å². The van der Waals surface area contributed by atoms with Gasteiger partial charge in [-0.15, -0.1) is 0 Å². The topological polar surface area (TPSA) is 49.4 Å². The molecule has 1 aliphatic rings. The number of hydrogen-bond donors (Lipinski definition) is 1. The average Bonchev–Trinajstić information content (AvgIpc) is 2.68. The Balaban J connectivity index is 1.63. The van der Waals surface area contributed by atoms with Gasteiger partial charge in [0.05, 0.1) is 5.92 Å². The Hall–Kier alpha value is -2.33. The molecule has 2 amide bonds. The summed E-state index contributed by atoms with van der Waals surface area (Å²) in [6.45, 7) is 3.20. The van der Waals surface area contributed by atoms with Crippen LogP contribution < -0.4 is 5.32 Å². The van der Waals surface area contributed by atoms with Crippen LogP contribution in [-0.2, 0) is 11.2 Å². The molecule has 5 heteroatoms. The minimum Gasteiger partial charge on any atom is -0.338 e. The molecule has 0 aliphatic carbocycles. The molecule has 0 saturated carbocycles. The minimum absolute atomic E-state index is 0.0298. The van der Waals surface area contributed by atoms with Gasteiger partial charge in [0.15, 0.2) is 0 Å². The molecule has 1 fully saturated rings. The first-order valence-electron chi connectivity index (χ1n) is 9.01. The van der Waals surface area contributed by atoms with Crippen LogP contribution in [0.2, 0.25) is 5.02 Å². The second-order valence-corrected chi connectivity index (χ2v) is 7.08. The summed E-state index contributed by atoms with van der Waals surface area (Å²) in [6.07, 6.45) is 2.58. The number of anilines is 1. The van der Waals surface area contributed by atoms with E-state index in [1.165, 1.54) is 5.56 Å². The zero-order valence-corrected chi connectivity index (χ0v) is 15.6. The number of hydrogen-bond acceptors (Lipinski definition) is 2. The number of carbonyl (C=O) groups excluding carboxylic acids is 2. The first-order chi connectivity index (χ1) is 12.6. The van der Waals surface area contributed by atoms with Crippen molar-refractivity contribution in [2.45, 2.75) is 26.2 Å². The lowest BCUT2D eigenvalue weighted by Crippen LogP contribution is -2.43. The van der Waals surface area contributed by atoms with E-state index >= 15 is 0 Å². The van der Waals surface area contributed by atoms with Crippen molar-refractivity contribution in [2.75, 3.05) is 18.4 Å². The van der Waals surface area contributed by atoms with E-state index in [0.29, 0.717) is 23.7 Å². The number of nitrogens with zero attached hydrogens (tertiary/aromatic N) is 1. The van der Waals surface area contributed by atoms with Crippen LogP contribution in [0.25, 0.3) is 0 Å². The molecule has 1 N–H and O–H groups in total. The van der Waals surface area contributed by atoms with Crippen LogP contribution in [0, 0.1) is 5.92 Å². The summed E-state index contributed by atoms with van der Waals surface area (Å²) in [7, 11) is 0. The molecule has 136 valence electrons. The zero-order chi connectivity index (χ0) is 18.5. The van der Waals surface area contributed by atoms with Crippen LogP contribution in [0.1, 0.15) is 35.7 Å². The molecular weight excluding hydrogens is 348 g/mol. The summed E-state index contributed by atoms with van der Waals surface area (Å²) >= 11 is 5.98. The Morgan fingerprint density at radius 3 is 2.65 bits per heavy atom. The largest absolute Gasteiger partial charge is 0.338 e. The summed E-state index contributed by atoms with van der Waals surface area (Å²) in [4.78, 5) is 27.0. The van der Waals surface area contributed by atoms with Crippen molar-refractivity contribution in [1.29, 1.82) is 0 Å². The number of likely N-dealkylation sites (tertiary alicyclic amines) is 1. The van der Waals surface area contributed by atoms with Crippen molar-refractivity contribution in [3.63, 3.8) is 0 Å². The smallest absolute Gasteiger partial charge is 0.253 e. The molecular formula is C21H23ClN2O2. The molecule has 0 radical (unpaired) electrons. The number of benzene rings is 2. The maximum Gasteiger partial charge on any atom is 0.253 e. The van der Waals surface area contributed by atoms with Gasteiger partial charge < -0.3 is 10.2 Å². The summed E-state index contributed by atoms with van der Waals surface area (Å²) in [5.41, 5.74) is 2.60. The lowest BCUT2D eigenvalue weighted by atomic mass is 9.96. The number of amides is 2. The van der Waals surface area contributed by atoms with Crippen molar-refractivity contribution in [3.05, 3.63) is 64.7 Å². The molecule has 1 aliphatic heterocycles. The molecule has 26 heavy (non-hydrogen) atoms. The fraction of sp³-hybridized carbons (Fsp3) is 0.333. The van der Waals surface area contributed by atoms with Crippen molar-refractivity contribution < 1.29 is 9.59 Å². The Kier molecular flexibility index (Phi) is 5.94. The fourth-order valence-electron chi connectivity index (χ4n) is 3.25. The second-order valence-electron chi connectivity index (χ2n) is 6.64. The fourth-order valence-corrected chi connectivity index (χ4v) is 3.44. The monoisotopic (exact) mass is 370 g/mol. The summed E-state index contributed by atoms with van der Waals surface area (Å²) < 4.78 is 0. The molecule has 2 aromatic rings. The maximum atomic E-state index is 12.7. The van der Waals surface area contributed by atoms with E-state index in [9.17, 15) is 9.59 Å². The van der Waals surface area contributed by atoms with E-state index in [0.717, 1.165) is 24.9 Å². The number of piperidine rings is 1. The third-order valence-electron chi connectivity index (χ3n) is 4.78. The van der Waals surface area contributed by atoms with E-state index in [4.69, 9.17) is 11.6 Å². The predicted molar refractivity (Wildman–Crippen MR) is 105 cm³/mol. The SMILES string of the molecule is CCc1ccc(NC(=O)C2CCCN(C(=O)c3cccc(Cl)c3)C2)cc1. The van der Waals surface area contributed by atoms with E-state index < -0.39 is 0 Å². The van der Waals surface area contributed by atoms with Crippen LogP contribution >= 0.6 is 11.6 Å². The molecule has 1 atom stereocenters. The highest BCUT2D eigenvalue weighted by atomic mass is 35.5. The minimum atomic E-state index is -0.197. The highest BCUT2D eigenvalue weighted by Gasteiger charge is 2.29. The van der Waals surface area contributed by atoms with Gasteiger partial charge in [0.25, 0.3) is 5.91 Å². The Bertz CT molecular complexity index is 789. The first-order valence-corrected chi connectivity index (χ1v) is 9.39. The number of carbonyl (C=O) groups is 2. The summed E-state index contributed by atoms with van der Waals surface area (Å²) in [5.74, 6) is -0.298. The second kappa shape index (κ2) is 8.37. The van der Waals surface area contributed by atoms with Gasteiger partial charge in [-0.1, -0.05) is 36.7 Å². The molecule has 1 saturated heterocycles. The standard InChI is InChI=1S/C21H23ClN2O2/c1-2-15-8-10-19(11-9-15)23-20(25)17-6-4-12-24(14-17)21(26)16-5-3-7-18(22)13-16/h3,5,7-11,13,17H,2,4,6,12,14H2,1H3,(H,23,25). The zero-order valence-electron chi connectivity index (χ0n) is 14.9. The van der Waals surface area contributed by atoms with E-state index in [-0.39, 0.29) is 17.7 Å². The van der Waals surface area contributed by atoms with Crippen molar-refractivity contribution >= 4 is 29.1 Å². The summed E-state index contributed by atoms with van der Waals surface area (Å²) in [5, 5.41) is 3.51.